The lowest BCUT2D eigenvalue weighted by atomic mass is 10.1. The summed E-state index contributed by atoms with van der Waals surface area (Å²) in [5.74, 6) is -0.334. The van der Waals surface area contributed by atoms with E-state index in [1.54, 1.807) is 0 Å². The van der Waals surface area contributed by atoms with Crippen molar-refractivity contribution in [2.45, 2.75) is 13.0 Å². The van der Waals surface area contributed by atoms with Crippen LogP contribution in [0.4, 0.5) is 10.8 Å². The minimum absolute atomic E-state index is 0.0445. The zero-order chi connectivity index (χ0) is 14.7. The van der Waals surface area contributed by atoms with Crippen LogP contribution >= 0.6 is 23.1 Å². The van der Waals surface area contributed by atoms with E-state index in [-0.39, 0.29) is 17.4 Å². The second-order valence-corrected chi connectivity index (χ2v) is 5.39. The molecule has 0 spiro atoms. The predicted octanol–water partition coefficient (Wildman–Crippen LogP) is 3.34. The third-order valence-electron chi connectivity index (χ3n) is 2.80. The molecule has 7 heteroatoms. The molecule has 0 amide bonds. The summed E-state index contributed by atoms with van der Waals surface area (Å²) in [7, 11) is 1.31. The van der Waals surface area contributed by atoms with E-state index in [2.05, 4.69) is 9.69 Å². The van der Waals surface area contributed by atoms with Crippen molar-refractivity contribution < 1.29 is 9.53 Å². The number of nitrogens with zero attached hydrogens (tertiary/aromatic N) is 1. The number of ether oxygens (including phenoxy) is 1. The van der Waals surface area contributed by atoms with E-state index in [1.807, 2.05) is 31.2 Å². The molecule has 0 aliphatic heterocycles. The Labute approximate surface area is 125 Å². The second kappa shape index (κ2) is 6.11. The Kier molecular flexibility index (Phi) is 4.46. The highest BCUT2D eigenvalue weighted by Gasteiger charge is 2.21. The molecule has 1 heterocycles. The molecule has 2 aromatic rings. The summed E-state index contributed by atoms with van der Waals surface area (Å²) in [4.78, 5) is 11.7. The second-order valence-electron chi connectivity index (χ2n) is 4.18. The quantitative estimate of drug-likeness (QED) is 0.847. The lowest BCUT2D eigenvalue weighted by Crippen LogP contribution is -2.11. The van der Waals surface area contributed by atoms with E-state index in [9.17, 15) is 4.79 Å². The van der Waals surface area contributed by atoms with Gasteiger partial charge in [-0.25, -0.2) is 4.79 Å². The van der Waals surface area contributed by atoms with Crippen LogP contribution in [0.3, 0.4) is 0 Å². The molecule has 1 aromatic heterocycles. The van der Waals surface area contributed by atoms with Gasteiger partial charge in [0, 0.05) is 11.1 Å². The Balaban J connectivity index is 2.24. The standard InChI is InChI=1S/C13H14ClN3O2S/c1-7(8-4-3-5-9(14)6-8)16-12-10(13(18)19-2)11(15)17-20-12/h3-7,16H,1-2H3,(H2,15,17). The van der Waals surface area contributed by atoms with Gasteiger partial charge in [-0.05, 0) is 36.2 Å². The fourth-order valence-electron chi connectivity index (χ4n) is 1.76. The number of benzene rings is 1. The van der Waals surface area contributed by atoms with Gasteiger partial charge in [0.1, 0.15) is 10.6 Å². The Morgan fingerprint density at radius 2 is 2.30 bits per heavy atom. The number of carbonyl (C=O) groups is 1. The topological polar surface area (TPSA) is 77.2 Å². The monoisotopic (exact) mass is 311 g/mol. The van der Waals surface area contributed by atoms with Gasteiger partial charge in [-0.2, -0.15) is 4.37 Å². The van der Waals surface area contributed by atoms with Crippen molar-refractivity contribution in [3.63, 3.8) is 0 Å². The van der Waals surface area contributed by atoms with Crippen molar-refractivity contribution in [3.05, 3.63) is 40.4 Å². The first-order valence-electron chi connectivity index (χ1n) is 5.88. The number of esters is 1. The van der Waals surface area contributed by atoms with Crippen LogP contribution in [0.2, 0.25) is 5.02 Å². The fourth-order valence-corrected chi connectivity index (χ4v) is 2.74. The molecular formula is C13H14ClN3O2S. The zero-order valence-electron chi connectivity index (χ0n) is 11.0. The van der Waals surface area contributed by atoms with Crippen LogP contribution in [0, 0.1) is 0 Å². The average molecular weight is 312 g/mol. The first kappa shape index (κ1) is 14.6. The summed E-state index contributed by atoms with van der Waals surface area (Å²) in [6, 6.07) is 7.45. The van der Waals surface area contributed by atoms with Crippen molar-refractivity contribution >= 4 is 39.9 Å². The lowest BCUT2D eigenvalue weighted by Gasteiger charge is -2.15. The van der Waals surface area contributed by atoms with Crippen LogP contribution in [0.5, 0.6) is 0 Å². The number of carbonyl (C=O) groups excluding carboxylic acids is 1. The molecule has 1 atom stereocenters. The number of aromatic nitrogens is 1. The minimum Gasteiger partial charge on any atom is -0.465 e. The molecule has 0 aliphatic carbocycles. The average Bonchev–Trinajstić information content (AvgIpc) is 2.79. The lowest BCUT2D eigenvalue weighted by molar-refractivity contribution is 0.0603. The maximum atomic E-state index is 11.7. The molecular weight excluding hydrogens is 298 g/mol. The van der Waals surface area contributed by atoms with Crippen molar-refractivity contribution in [2.75, 3.05) is 18.2 Å². The first-order chi connectivity index (χ1) is 9.52. The molecule has 106 valence electrons. The molecule has 1 aromatic carbocycles. The predicted molar refractivity (Wildman–Crippen MR) is 81.4 cm³/mol. The summed E-state index contributed by atoms with van der Waals surface area (Å²) >= 11 is 7.10. The summed E-state index contributed by atoms with van der Waals surface area (Å²) in [5.41, 5.74) is 6.96. The smallest absolute Gasteiger partial charge is 0.344 e. The van der Waals surface area contributed by atoms with Gasteiger partial charge in [0.05, 0.1) is 7.11 Å². The van der Waals surface area contributed by atoms with Gasteiger partial charge >= 0.3 is 5.97 Å². The maximum Gasteiger partial charge on any atom is 0.344 e. The highest BCUT2D eigenvalue weighted by Crippen LogP contribution is 2.31. The zero-order valence-corrected chi connectivity index (χ0v) is 12.6. The van der Waals surface area contributed by atoms with E-state index in [1.165, 1.54) is 7.11 Å². The summed E-state index contributed by atoms with van der Waals surface area (Å²) in [5, 5.41) is 4.45. The number of hydrogen-bond acceptors (Lipinski definition) is 6. The van der Waals surface area contributed by atoms with E-state index < -0.39 is 5.97 Å². The minimum atomic E-state index is -0.503. The van der Waals surface area contributed by atoms with Crippen LogP contribution in [0.1, 0.15) is 28.9 Å². The summed E-state index contributed by atoms with van der Waals surface area (Å²) in [6.07, 6.45) is 0. The molecule has 2 rings (SSSR count). The van der Waals surface area contributed by atoms with E-state index in [0.29, 0.717) is 10.0 Å². The number of nitrogen functional groups attached to an aromatic ring is 1. The van der Waals surface area contributed by atoms with Crippen LogP contribution in [-0.4, -0.2) is 17.5 Å². The number of hydrogen-bond donors (Lipinski definition) is 2. The van der Waals surface area contributed by atoms with Crippen LogP contribution in [0.15, 0.2) is 24.3 Å². The van der Waals surface area contributed by atoms with Crippen molar-refractivity contribution in [2.24, 2.45) is 0 Å². The SMILES string of the molecule is COC(=O)c1c(N)nsc1NC(C)c1cccc(Cl)c1. The van der Waals surface area contributed by atoms with Gasteiger partial charge in [-0.1, -0.05) is 23.7 Å². The van der Waals surface area contributed by atoms with Crippen molar-refractivity contribution in [3.8, 4) is 0 Å². The number of methoxy groups -OCH3 is 1. The maximum absolute atomic E-state index is 11.7. The van der Waals surface area contributed by atoms with Gasteiger partial charge in [-0.15, -0.1) is 0 Å². The van der Waals surface area contributed by atoms with E-state index in [4.69, 9.17) is 22.1 Å². The largest absolute Gasteiger partial charge is 0.465 e. The number of nitrogens with one attached hydrogen (secondary N) is 1. The van der Waals surface area contributed by atoms with Gasteiger partial charge in [0.15, 0.2) is 5.82 Å². The summed E-state index contributed by atoms with van der Waals surface area (Å²) in [6.45, 7) is 1.96. The molecule has 20 heavy (non-hydrogen) atoms. The molecule has 0 fully saturated rings. The highest BCUT2D eigenvalue weighted by atomic mass is 35.5. The Morgan fingerprint density at radius 1 is 1.55 bits per heavy atom. The Hall–Kier alpha value is -1.79. The van der Waals surface area contributed by atoms with E-state index in [0.717, 1.165) is 17.1 Å². The number of anilines is 2. The fraction of sp³-hybridized carbons (Fsp3) is 0.231. The van der Waals surface area contributed by atoms with Gasteiger partial charge in [0.25, 0.3) is 0 Å². The molecule has 3 N–H and O–H groups in total. The molecule has 0 radical (unpaired) electrons. The Morgan fingerprint density at radius 3 is 2.95 bits per heavy atom. The third kappa shape index (κ3) is 3.02. The molecule has 0 aliphatic rings. The van der Waals surface area contributed by atoms with Gasteiger partial charge in [0.2, 0.25) is 0 Å². The van der Waals surface area contributed by atoms with Gasteiger partial charge < -0.3 is 15.8 Å². The Bertz CT molecular complexity index is 630. The van der Waals surface area contributed by atoms with Crippen LogP contribution in [-0.2, 0) is 4.74 Å². The normalized spacial score (nSPS) is 11.9. The highest BCUT2D eigenvalue weighted by molar-refractivity contribution is 7.11. The summed E-state index contributed by atoms with van der Waals surface area (Å²) < 4.78 is 8.69. The molecule has 0 bridgehead atoms. The molecule has 5 nitrogen and oxygen atoms in total. The molecule has 0 saturated heterocycles. The van der Waals surface area contributed by atoms with Crippen LogP contribution in [0.25, 0.3) is 0 Å². The van der Waals surface area contributed by atoms with Crippen molar-refractivity contribution in [1.29, 1.82) is 0 Å². The van der Waals surface area contributed by atoms with Crippen molar-refractivity contribution in [1.82, 2.24) is 4.37 Å². The molecule has 0 saturated carbocycles. The first-order valence-corrected chi connectivity index (χ1v) is 7.03. The number of nitrogens with two attached hydrogens (primary N) is 1. The number of halogens is 1. The molecule has 1 unspecified atom stereocenters. The van der Waals surface area contributed by atoms with Crippen LogP contribution < -0.4 is 11.1 Å². The van der Waals surface area contributed by atoms with E-state index >= 15 is 0 Å². The third-order valence-corrected chi connectivity index (χ3v) is 3.83. The number of rotatable bonds is 4. The van der Waals surface area contributed by atoms with Gasteiger partial charge in [-0.3, -0.25) is 0 Å².